The molecule has 1 aromatic carbocycles. The average molecular weight is 507 g/mol. The van der Waals surface area contributed by atoms with Crippen molar-refractivity contribution in [1.82, 2.24) is 35.1 Å². The van der Waals surface area contributed by atoms with Crippen molar-refractivity contribution in [2.24, 2.45) is 5.92 Å². The number of aromatic nitrogens is 7. The van der Waals surface area contributed by atoms with Gasteiger partial charge >= 0.3 is 0 Å². The van der Waals surface area contributed by atoms with E-state index in [1.165, 1.54) is 12.1 Å². The standard InChI is InChI=1S/C28H23FN8O/c1-15(2)8-24(38)33-19-10-17(12-30-13-19)22-11-20-23(14-32-22)36-37-26(20)28-34-21-6-7-31-25(27(21)35-28)16-4-3-5-18(29)9-16/h3-7,9-15H,8H2,1-2H3,(H,33,38)(H,34,35)(H,36,37). The molecule has 0 atom stereocenters. The van der Waals surface area contributed by atoms with Crippen molar-refractivity contribution in [3.63, 3.8) is 0 Å². The number of imidazole rings is 1. The molecular weight excluding hydrogens is 483 g/mol. The number of benzene rings is 1. The summed E-state index contributed by atoms with van der Waals surface area (Å²) < 4.78 is 13.9. The topological polar surface area (TPSA) is 125 Å². The van der Waals surface area contributed by atoms with Crippen molar-refractivity contribution in [1.29, 1.82) is 0 Å². The number of aromatic amines is 2. The molecule has 6 aromatic rings. The lowest BCUT2D eigenvalue weighted by Gasteiger charge is -2.08. The Hall–Kier alpha value is -4.99. The Labute approximate surface area is 216 Å². The van der Waals surface area contributed by atoms with Gasteiger partial charge in [-0.05, 0) is 36.2 Å². The lowest BCUT2D eigenvalue weighted by Crippen LogP contribution is -2.13. The minimum atomic E-state index is -0.339. The van der Waals surface area contributed by atoms with E-state index in [1.54, 1.807) is 36.9 Å². The van der Waals surface area contributed by atoms with Crippen molar-refractivity contribution in [2.45, 2.75) is 20.3 Å². The Morgan fingerprint density at radius 3 is 2.74 bits per heavy atom. The molecule has 0 saturated heterocycles. The molecule has 5 heterocycles. The maximum atomic E-state index is 13.9. The first kappa shape index (κ1) is 23.4. The van der Waals surface area contributed by atoms with Crippen LogP contribution in [0.4, 0.5) is 10.1 Å². The highest BCUT2D eigenvalue weighted by Gasteiger charge is 2.17. The van der Waals surface area contributed by atoms with Gasteiger partial charge in [0.25, 0.3) is 0 Å². The zero-order valence-corrected chi connectivity index (χ0v) is 20.7. The molecule has 9 nitrogen and oxygen atoms in total. The molecule has 0 aliphatic carbocycles. The number of hydrogen-bond acceptors (Lipinski definition) is 6. The fraction of sp³-hybridized carbons (Fsp3) is 0.143. The molecule has 0 aliphatic rings. The Morgan fingerprint density at radius 1 is 1.00 bits per heavy atom. The van der Waals surface area contributed by atoms with E-state index < -0.39 is 0 Å². The van der Waals surface area contributed by atoms with Crippen LogP contribution in [0.25, 0.3) is 56.0 Å². The Morgan fingerprint density at radius 2 is 1.89 bits per heavy atom. The Balaban J connectivity index is 1.38. The molecule has 188 valence electrons. The number of H-pyrrole nitrogens is 2. The first-order valence-electron chi connectivity index (χ1n) is 12.1. The third kappa shape index (κ3) is 4.47. The smallest absolute Gasteiger partial charge is 0.224 e. The van der Waals surface area contributed by atoms with Gasteiger partial charge in [-0.25, -0.2) is 9.37 Å². The van der Waals surface area contributed by atoms with Crippen LogP contribution in [0.3, 0.4) is 0 Å². The number of carbonyl (C=O) groups excluding carboxylic acids is 1. The molecule has 1 amide bonds. The highest BCUT2D eigenvalue weighted by molar-refractivity contribution is 5.97. The molecule has 38 heavy (non-hydrogen) atoms. The summed E-state index contributed by atoms with van der Waals surface area (Å²) in [5.74, 6) is 0.403. The molecule has 0 saturated carbocycles. The van der Waals surface area contributed by atoms with Crippen molar-refractivity contribution in [3.8, 4) is 34.0 Å². The van der Waals surface area contributed by atoms with E-state index in [4.69, 9.17) is 4.98 Å². The SMILES string of the molecule is CC(C)CC(=O)Nc1cncc(-c2cc3c(-c4nc5c(-c6cccc(F)c6)nccc5[nH]4)n[nH]c3cn2)c1. The summed E-state index contributed by atoms with van der Waals surface area (Å²) in [7, 11) is 0. The van der Waals surface area contributed by atoms with Gasteiger partial charge in [0.15, 0.2) is 5.82 Å². The quantitative estimate of drug-likeness (QED) is 0.264. The van der Waals surface area contributed by atoms with E-state index in [0.717, 1.165) is 22.0 Å². The molecule has 0 spiro atoms. The summed E-state index contributed by atoms with van der Waals surface area (Å²) >= 11 is 0. The lowest BCUT2D eigenvalue weighted by atomic mass is 10.1. The zero-order chi connectivity index (χ0) is 26.2. The summed E-state index contributed by atoms with van der Waals surface area (Å²) in [6.45, 7) is 3.99. The fourth-order valence-corrected chi connectivity index (χ4v) is 4.38. The second-order valence-corrected chi connectivity index (χ2v) is 9.45. The van der Waals surface area contributed by atoms with Gasteiger partial charge in [-0.1, -0.05) is 26.0 Å². The highest BCUT2D eigenvalue weighted by atomic mass is 19.1. The summed E-state index contributed by atoms with van der Waals surface area (Å²) in [6.07, 6.45) is 7.11. The number of nitrogens with zero attached hydrogens (tertiary/aromatic N) is 5. The normalized spacial score (nSPS) is 11.5. The maximum absolute atomic E-state index is 13.9. The second-order valence-electron chi connectivity index (χ2n) is 9.45. The second kappa shape index (κ2) is 9.47. The molecular formula is C28H23FN8O. The van der Waals surface area contributed by atoms with Gasteiger partial charge in [-0.15, -0.1) is 0 Å². The average Bonchev–Trinajstić information content (AvgIpc) is 3.52. The third-order valence-electron chi connectivity index (χ3n) is 6.08. The largest absolute Gasteiger partial charge is 0.336 e. The van der Waals surface area contributed by atoms with Crippen LogP contribution < -0.4 is 5.32 Å². The number of amides is 1. The Kier molecular flexibility index (Phi) is 5.83. The van der Waals surface area contributed by atoms with Crippen molar-refractivity contribution < 1.29 is 9.18 Å². The van der Waals surface area contributed by atoms with E-state index in [0.29, 0.717) is 46.1 Å². The number of fused-ring (bicyclic) bond motifs is 2. The molecule has 10 heteroatoms. The number of pyridine rings is 3. The number of nitrogens with one attached hydrogen (secondary N) is 3. The van der Waals surface area contributed by atoms with E-state index in [9.17, 15) is 9.18 Å². The predicted molar refractivity (Wildman–Crippen MR) is 143 cm³/mol. The summed E-state index contributed by atoms with van der Waals surface area (Å²) in [5.41, 5.74) is 5.98. The van der Waals surface area contributed by atoms with Gasteiger partial charge in [0, 0.05) is 35.3 Å². The van der Waals surface area contributed by atoms with Crippen molar-refractivity contribution in [3.05, 3.63) is 73.1 Å². The van der Waals surface area contributed by atoms with Gasteiger partial charge < -0.3 is 10.3 Å². The molecule has 0 bridgehead atoms. The van der Waals surface area contributed by atoms with E-state index >= 15 is 0 Å². The minimum Gasteiger partial charge on any atom is -0.336 e. The molecule has 5 aromatic heterocycles. The van der Waals surface area contributed by atoms with Gasteiger partial charge in [0.05, 0.1) is 40.5 Å². The van der Waals surface area contributed by atoms with E-state index in [2.05, 4.69) is 35.5 Å². The van der Waals surface area contributed by atoms with Gasteiger partial charge in [-0.2, -0.15) is 5.10 Å². The minimum absolute atomic E-state index is 0.0588. The molecule has 0 radical (unpaired) electrons. The van der Waals surface area contributed by atoms with E-state index in [1.807, 2.05) is 32.0 Å². The van der Waals surface area contributed by atoms with Crippen LogP contribution in [0, 0.1) is 11.7 Å². The molecule has 0 fully saturated rings. The van der Waals surface area contributed by atoms with Gasteiger partial charge in [-0.3, -0.25) is 24.8 Å². The summed E-state index contributed by atoms with van der Waals surface area (Å²) in [4.78, 5) is 33.6. The van der Waals surface area contributed by atoms with Crippen LogP contribution in [0.1, 0.15) is 20.3 Å². The number of hydrogen-bond donors (Lipinski definition) is 3. The van der Waals surface area contributed by atoms with Gasteiger partial charge in [0.1, 0.15) is 17.0 Å². The zero-order valence-electron chi connectivity index (χ0n) is 20.7. The van der Waals surface area contributed by atoms with Gasteiger partial charge in [0.2, 0.25) is 5.91 Å². The fourth-order valence-electron chi connectivity index (χ4n) is 4.38. The van der Waals surface area contributed by atoms with Crippen LogP contribution in [0.15, 0.2) is 67.3 Å². The number of carbonyl (C=O) groups is 1. The van der Waals surface area contributed by atoms with Crippen molar-refractivity contribution in [2.75, 3.05) is 5.32 Å². The number of rotatable bonds is 6. The summed E-state index contributed by atoms with van der Waals surface area (Å²) in [5, 5.41) is 11.2. The first-order chi connectivity index (χ1) is 18.4. The maximum Gasteiger partial charge on any atom is 0.224 e. The number of halogens is 1. The molecule has 0 aliphatic heterocycles. The monoisotopic (exact) mass is 506 g/mol. The number of anilines is 1. The third-order valence-corrected chi connectivity index (χ3v) is 6.08. The van der Waals surface area contributed by atoms with Crippen LogP contribution in [0.5, 0.6) is 0 Å². The molecule has 0 unspecified atom stereocenters. The van der Waals surface area contributed by atoms with Crippen LogP contribution in [-0.4, -0.2) is 41.0 Å². The predicted octanol–water partition coefficient (Wildman–Crippen LogP) is 5.75. The van der Waals surface area contributed by atoms with Crippen LogP contribution in [0.2, 0.25) is 0 Å². The van der Waals surface area contributed by atoms with Crippen LogP contribution >= 0.6 is 0 Å². The summed E-state index contributed by atoms with van der Waals surface area (Å²) in [6, 6.07) is 11.8. The molecule has 3 N–H and O–H groups in total. The highest BCUT2D eigenvalue weighted by Crippen LogP contribution is 2.32. The Bertz CT molecular complexity index is 1810. The van der Waals surface area contributed by atoms with Crippen molar-refractivity contribution >= 4 is 33.5 Å². The lowest BCUT2D eigenvalue weighted by molar-refractivity contribution is -0.116. The van der Waals surface area contributed by atoms with E-state index in [-0.39, 0.29) is 17.6 Å². The molecule has 6 rings (SSSR count). The first-order valence-corrected chi connectivity index (χ1v) is 12.1. The van der Waals surface area contributed by atoms with Crippen LogP contribution in [-0.2, 0) is 4.79 Å².